The van der Waals surface area contributed by atoms with Crippen LogP contribution in [-0.2, 0) is 16.3 Å². The average Bonchev–Trinajstić information content (AvgIpc) is 2.43. The van der Waals surface area contributed by atoms with E-state index in [9.17, 15) is 8.42 Å². The fourth-order valence-corrected chi connectivity index (χ4v) is 2.33. The van der Waals surface area contributed by atoms with Crippen LogP contribution in [0.4, 0.5) is 0 Å². The van der Waals surface area contributed by atoms with Gasteiger partial charge >= 0.3 is 0 Å². The lowest BCUT2D eigenvalue weighted by Crippen LogP contribution is -2.27. The Kier molecular flexibility index (Phi) is 7.75. The average molecular weight is 313 g/mol. The zero-order chi connectivity index (χ0) is 15.7. The van der Waals surface area contributed by atoms with Crippen LogP contribution in [0, 0.1) is 0 Å². The Morgan fingerprint density at radius 1 is 1.24 bits per heavy atom. The summed E-state index contributed by atoms with van der Waals surface area (Å²) in [7, 11) is -2.96. The van der Waals surface area contributed by atoms with Gasteiger partial charge in [0, 0.05) is 12.3 Å². The van der Waals surface area contributed by atoms with Crippen molar-refractivity contribution in [3.63, 3.8) is 0 Å². The van der Waals surface area contributed by atoms with Crippen molar-refractivity contribution in [2.24, 2.45) is 0 Å². The predicted molar refractivity (Wildman–Crippen MR) is 87.7 cm³/mol. The van der Waals surface area contributed by atoms with Crippen LogP contribution < -0.4 is 10.1 Å². The number of aryl methyl sites for hydroxylation is 1. The molecule has 120 valence electrons. The number of ether oxygens (including phenoxy) is 1. The lowest BCUT2D eigenvalue weighted by molar-refractivity contribution is 0.341. The van der Waals surface area contributed by atoms with Crippen molar-refractivity contribution in [3.8, 4) is 5.75 Å². The van der Waals surface area contributed by atoms with E-state index in [0.717, 1.165) is 31.6 Å². The summed E-state index contributed by atoms with van der Waals surface area (Å²) in [6.07, 6.45) is 4.51. The van der Waals surface area contributed by atoms with Crippen molar-refractivity contribution in [1.29, 1.82) is 0 Å². The van der Waals surface area contributed by atoms with Crippen LogP contribution in [0.2, 0.25) is 0 Å². The molecule has 1 atom stereocenters. The van der Waals surface area contributed by atoms with Gasteiger partial charge in [-0.25, -0.2) is 8.42 Å². The molecule has 0 heterocycles. The Morgan fingerprint density at radius 3 is 2.48 bits per heavy atom. The van der Waals surface area contributed by atoms with Crippen molar-refractivity contribution >= 4 is 9.84 Å². The van der Waals surface area contributed by atoms with Gasteiger partial charge in [0.15, 0.2) is 9.84 Å². The predicted octanol–water partition coefficient (Wildman–Crippen LogP) is 2.43. The van der Waals surface area contributed by atoms with Gasteiger partial charge in [0.25, 0.3) is 0 Å². The maximum atomic E-state index is 11.0. The molecule has 0 fully saturated rings. The zero-order valence-electron chi connectivity index (χ0n) is 13.3. The molecule has 0 bridgehead atoms. The number of rotatable bonds is 10. The summed E-state index contributed by atoms with van der Waals surface area (Å²) >= 11 is 0. The summed E-state index contributed by atoms with van der Waals surface area (Å²) in [5, 5.41) is 3.47. The van der Waals surface area contributed by atoms with E-state index in [1.165, 1.54) is 11.8 Å². The van der Waals surface area contributed by atoms with Crippen LogP contribution in [0.15, 0.2) is 24.3 Å². The Labute approximate surface area is 128 Å². The molecule has 1 rings (SSSR count). The molecule has 0 radical (unpaired) electrons. The normalized spacial score (nSPS) is 13.1. The highest BCUT2D eigenvalue weighted by Crippen LogP contribution is 2.14. The summed E-state index contributed by atoms with van der Waals surface area (Å²) < 4.78 is 27.5. The highest BCUT2D eigenvalue weighted by molar-refractivity contribution is 7.90. The second kappa shape index (κ2) is 9.05. The van der Waals surface area contributed by atoms with E-state index in [1.807, 2.05) is 24.3 Å². The Hall–Kier alpha value is -1.07. The Morgan fingerprint density at radius 2 is 1.90 bits per heavy atom. The molecule has 21 heavy (non-hydrogen) atoms. The maximum absolute atomic E-state index is 11.0. The SMILES string of the molecule is CCCNC(C)CCc1ccc(OCCS(C)(=O)=O)cc1. The molecule has 1 aromatic carbocycles. The highest BCUT2D eigenvalue weighted by Gasteiger charge is 2.04. The van der Waals surface area contributed by atoms with Crippen molar-refractivity contribution in [3.05, 3.63) is 29.8 Å². The van der Waals surface area contributed by atoms with E-state index < -0.39 is 9.84 Å². The standard InChI is InChI=1S/C16H27NO3S/c1-4-11-17-14(2)5-6-15-7-9-16(10-8-15)20-12-13-21(3,18)19/h7-10,14,17H,4-6,11-13H2,1-3H3. The molecular weight excluding hydrogens is 286 g/mol. The quantitative estimate of drug-likeness (QED) is 0.721. The first-order valence-corrected chi connectivity index (χ1v) is 9.59. The first-order valence-electron chi connectivity index (χ1n) is 7.53. The van der Waals surface area contributed by atoms with Crippen LogP contribution in [0.25, 0.3) is 0 Å². The van der Waals surface area contributed by atoms with Gasteiger partial charge < -0.3 is 10.1 Å². The molecule has 0 aliphatic heterocycles. The minimum Gasteiger partial charge on any atom is -0.493 e. The van der Waals surface area contributed by atoms with E-state index in [2.05, 4.69) is 19.2 Å². The Balaban J connectivity index is 2.33. The first-order chi connectivity index (χ1) is 9.90. The number of hydrogen-bond acceptors (Lipinski definition) is 4. The molecule has 0 amide bonds. The first kappa shape index (κ1) is 18.0. The third-order valence-corrected chi connectivity index (χ3v) is 4.16. The molecule has 0 spiro atoms. The van der Waals surface area contributed by atoms with Gasteiger partial charge in [-0.15, -0.1) is 0 Å². The van der Waals surface area contributed by atoms with Crippen LogP contribution in [0.3, 0.4) is 0 Å². The van der Waals surface area contributed by atoms with Crippen molar-refractivity contribution in [1.82, 2.24) is 5.32 Å². The molecule has 1 unspecified atom stereocenters. The highest BCUT2D eigenvalue weighted by atomic mass is 32.2. The second-order valence-corrected chi connectivity index (χ2v) is 7.78. The summed E-state index contributed by atoms with van der Waals surface area (Å²) in [5.41, 5.74) is 1.27. The van der Waals surface area contributed by atoms with E-state index >= 15 is 0 Å². The summed E-state index contributed by atoms with van der Waals surface area (Å²) in [6, 6.07) is 8.42. The minimum atomic E-state index is -2.96. The third-order valence-electron chi connectivity index (χ3n) is 3.26. The lowest BCUT2D eigenvalue weighted by Gasteiger charge is -2.13. The molecule has 0 aliphatic rings. The van der Waals surface area contributed by atoms with Gasteiger partial charge in [-0.3, -0.25) is 0 Å². The molecule has 0 aromatic heterocycles. The summed E-state index contributed by atoms with van der Waals surface area (Å²) in [4.78, 5) is 0. The molecule has 0 saturated heterocycles. The monoisotopic (exact) mass is 313 g/mol. The number of hydrogen-bond donors (Lipinski definition) is 1. The minimum absolute atomic E-state index is 0.0510. The lowest BCUT2D eigenvalue weighted by atomic mass is 10.1. The molecule has 1 aromatic rings. The van der Waals surface area contributed by atoms with Crippen molar-refractivity contribution < 1.29 is 13.2 Å². The smallest absolute Gasteiger partial charge is 0.150 e. The Bertz CT molecular complexity index is 497. The van der Waals surface area contributed by atoms with Gasteiger partial charge in [-0.2, -0.15) is 0 Å². The van der Waals surface area contributed by atoms with E-state index in [-0.39, 0.29) is 12.4 Å². The molecule has 4 nitrogen and oxygen atoms in total. The third kappa shape index (κ3) is 8.73. The summed E-state index contributed by atoms with van der Waals surface area (Å²) in [6.45, 7) is 5.64. The molecule has 0 saturated carbocycles. The maximum Gasteiger partial charge on any atom is 0.150 e. The van der Waals surface area contributed by atoms with Gasteiger partial charge in [0.05, 0.1) is 5.75 Å². The second-order valence-electron chi connectivity index (χ2n) is 5.52. The van der Waals surface area contributed by atoms with E-state index in [1.54, 1.807) is 0 Å². The number of nitrogens with one attached hydrogen (secondary N) is 1. The zero-order valence-corrected chi connectivity index (χ0v) is 14.1. The molecule has 0 aliphatic carbocycles. The largest absolute Gasteiger partial charge is 0.493 e. The topological polar surface area (TPSA) is 55.4 Å². The van der Waals surface area contributed by atoms with Crippen molar-refractivity contribution in [2.45, 2.75) is 39.2 Å². The van der Waals surface area contributed by atoms with Crippen LogP contribution >= 0.6 is 0 Å². The van der Waals surface area contributed by atoms with Crippen LogP contribution in [0.5, 0.6) is 5.75 Å². The molecular formula is C16H27NO3S. The summed E-state index contributed by atoms with van der Waals surface area (Å²) in [5.74, 6) is 0.773. The number of sulfone groups is 1. The van der Waals surface area contributed by atoms with Crippen LogP contribution in [-0.4, -0.2) is 39.6 Å². The van der Waals surface area contributed by atoms with E-state index in [0.29, 0.717) is 6.04 Å². The number of benzene rings is 1. The fraction of sp³-hybridized carbons (Fsp3) is 0.625. The van der Waals surface area contributed by atoms with Gasteiger partial charge in [0.2, 0.25) is 0 Å². The molecule has 5 heteroatoms. The fourth-order valence-electron chi connectivity index (χ4n) is 1.94. The van der Waals surface area contributed by atoms with Gasteiger partial charge in [0.1, 0.15) is 12.4 Å². The van der Waals surface area contributed by atoms with Gasteiger partial charge in [-0.1, -0.05) is 19.1 Å². The molecule has 1 N–H and O–H groups in total. The van der Waals surface area contributed by atoms with Gasteiger partial charge in [-0.05, 0) is 50.4 Å². The van der Waals surface area contributed by atoms with E-state index in [4.69, 9.17) is 4.74 Å². The van der Waals surface area contributed by atoms with Crippen LogP contribution in [0.1, 0.15) is 32.3 Å². The van der Waals surface area contributed by atoms with Crippen molar-refractivity contribution in [2.75, 3.05) is 25.2 Å².